The molecular weight excluding hydrogens is 548 g/mol. The van der Waals surface area contributed by atoms with E-state index in [0.29, 0.717) is 11.1 Å². The van der Waals surface area contributed by atoms with E-state index in [2.05, 4.69) is 0 Å². The summed E-state index contributed by atoms with van der Waals surface area (Å²) >= 11 is 0. The Morgan fingerprint density at radius 3 is 1.52 bits per heavy atom. The predicted octanol–water partition coefficient (Wildman–Crippen LogP) is 5.14. The van der Waals surface area contributed by atoms with Crippen LogP contribution in [-0.4, -0.2) is 37.7 Å². The minimum atomic E-state index is -0.717. The Kier molecular flexibility index (Phi) is 5.93. The van der Waals surface area contributed by atoms with Gasteiger partial charge in [-0.05, 0) is 42.5 Å². The van der Waals surface area contributed by atoms with Crippen LogP contribution in [0.5, 0.6) is 40.2 Å². The largest absolute Gasteiger partial charge is 0.508 e. The van der Waals surface area contributed by atoms with Gasteiger partial charge in [-0.25, -0.2) is 0 Å². The van der Waals surface area contributed by atoms with E-state index in [1.54, 1.807) is 0 Å². The maximum Gasteiger partial charge on any atom is 0.197 e. The molecule has 0 unspecified atom stereocenters. The number of aromatic hydroxyl groups is 6. The maximum atomic E-state index is 13.3. The van der Waals surface area contributed by atoms with Crippen LogP contribution in [0.1, 0.15) is 0 Å². The Hall–Kier alpha value is -6.10. The molecule has 0 atom stereocenters. The third-order valence-electron chi connectivity index (χ3n) is 6.79. The average molecular weight is 568 g/mol. The number of fused-ring (bicyclic) bond motifs is 2. The number of methoxy groups -OCH3 is 1. The number of rotatable bonds is 4. The number of hydrogen-bond acceptors (Lipinski definition) is 11. The van der Waals surface area contributed by atoms with Crippen molar-refractivity contribution in [2.45, 2.75) is 0 Å². The average Bonchev–Trinajstić information content (AvgIpc) is 2.94. The summed E-state index contributed by atoms with van der Waals surface area (Å²) in [7, 11) is 1.34. The summed E-state index contributed by atoms with van der Waals surface area (Å²) in [6.07, 6.45) is 0. The van der Waals surface area contributed by atoms with Crippen molar-refractivity contribution in [2.24, 2.45) is 0 Å². The smallest absolute Gasteiger partial charge is 0.197 e. The van der Waals surface area contributed by atoms with E-state index < -0.39 is 33.9 Å². The summed E-state index contributed by atoms with van der Waals surface area (Å²) in [4.78, 5) is 26.4. The molecule has 210 valence electrons. The summed E-state index contributed by atoms with van der Waals surface area (Å²) in [6.45, 7) is 0. The molecule has 0 aliphatic rings. The first-order chi connectivity index (χ1) is 20.1. The number of phenols is 6. The second-order valence-electron chi connectivity index (χ2n) is 9.37. The molecule has 4 aromatic carbocycles. The standard InChI is InChI=1S/C31H20O11/c1-40-25-8-14(4-7-16(25)33)24-12-22(39)27-18(35)10-20(37)29(31(27)42-24)28-19(36)9-17(34)26-21(38)11-23(41-30(26)28)13-2-5-15(32)6-3-13/h2-12,32-37H,1H3. The van der Waals surface area contributed by atoms with Crippen LogP contribution in [0, 0.1) is 0 Å². The van der Waals surface area contributed by atoms with Crippen LogP contribution < -0.4 is 15.6 Å². The van der Waals surface area contributed by atoms with Crippen molar-refractivity contribution in [3.63, 3.8) is 0 Å². The van der Waals surface area contributed by atoms with Crippen LogP contribution in [0.2, 0.25) is 0 Å². The van der Waals surface area contributed by atoms with Gasteiger partial charge in [-0.15, -0.1) is 0 Å². The molecule has 11 nitrogen and oxygen atoms in total. The Bertz CT molecular complexity index is 2170. The van der Waals surface area contributed by atoms with Gasteiger partial charge in [-0.3, -0.25) is 9.59 Å². The Balaban J connectivity index is 1.73. The molecular formula is C31H20O11. The van der Waals surface area contributed by atoms with Crippen molar-refractivity contribution < 1.29 is 44.2 Å². The SMILES string of the molecule is COc1cc(-c2cc(=O)c3c(O)cc(O)c(-c4c(O)cc(O)c5c(=O)cc(-c6ccc(O)cc6)oc45)c3o2)ccc1O. The summed E-state index contributed by atoms with van der Waals surface area (Å²) in [5.74, 6) is -2.70. The highest BCUT2D eigenvalue weighted by Crippen LogP contribution is 2.49. The molecule has 0 saturated heterocycles. The van der Waals surface area contributed by atoms with Gasteiger partial charge < -0.3 is 44.2 Å². The lowest BCUT2D eigenvalue weighted by Gasteiger charge is -2.15. The Morgan fingerprint density at radius 2 is 1.02 bits per heavy atom. The van der Waals surface area contributed by atoms with E-state index in [-0.39, 0.29) is 61.8 Å². The molecule has 0 bridgehead atoms. The van der Waals surface area contributed by atoms with E-state index in [9.17, 15) is 40.2 Å². The lowest BCUT2D eigenvalue weighted by molar-refractivity contribution is 0.373. The number of hydrogen-bond donors (Lipinski definition) is 6. The van der Waals surface area contributed by atoms with Crippen LogP contribution in [0.25, 0.3) is 55.7 Å². The molecule has 0 spiro atoms. The quantitative estimate of drug-likeness (QED) is 0.165. The summed E-state index contributed by atoms with van der Waals surface area (Å²) in [5.41, 5.74) is -2.11. The Labute approximate surface area is 234 Å². The van der Waals surface area contributed by atoms with Crippen molar-refractivity contribution in [1.82, 2.24) is 0 Å². The van der Waals surface area contributed by atoms with Gasteiger partial charge in [0.2, 0.25) is 0 Å². The molecule has 0 radical (unpaired) electrons. The van der Waals surface area contributed by atoms with Gasteiger partial charge >= 0.3 is 0 Å². The fraction of sp³-hybridized carbons (Fsp3) is 0.0323. The van der Waals surface area contributed by atoms with Crippen molar-refractivity contribution in [3.8, 4) is 74.0 Å². The van der Waals surface area contributed by atoms with Crippen molar-refractivity contribution in [1.29, 1.82) is 0 Å². The zero-order valence-corrected chi connectivity index (χ0v) is 21.6. The lowest BCUT2D eigenvalue weighted by atomic mass is 9.96. The van der Waals surface area contributed by atoms with Crippen LogP contribution in [0.4, 0.5) is 0 Å². The van der Waals surface area contributed by atoms with Crippen molar-refractivity contribution in [3.05, 3.63) is 87.2 Å². The molecule has 6 aromatic rings. The molecule has 0 aliphatic carbocycles. The number of ether oxygens (including phenoxy) is 1. The van der Waals surface area contributed by atoms with Crippen LogP contribution >= 0.6 is 0 Å². The number of benzene rings is 4. The van der Waals surface area contributed by atoms with Crippen molar-refractivity contribution >= 4 is 21.9 Å². The second-order valence-corrected chi connectivity index (χ2v) is 9.37. The summed E-state index contributed by atoms with van der Waals surface area (Å²) in [5, 5.41) is 62.2. The monoisotopic (exact) mass is 568 g/mol. The van der Waals surface area contributed by atoms with Crippen LogP contribution in [0.3, 0.4) is 0 Å². The molecule has 0 aliphatic heterocycles. The highest BCUT2D eigenvalue weighted by Gasteiger charge is 2.27. The molecule has 0 saturated carbocycles. The van der Waals surface area contributed by atoms with E-state index in [0.717, 1.165) is 24.3 Å². The van der Waals surface area contributed by atoms with Gasteiger partial charge in [0.05, 0.1) is 18.2 Å². The highest BCUT2D eigenvalue weighted by molar-refractivity contribution is 6.08. The fourth-order valence-electron chi connectivity index (χ4n) is 4.83. The third kappa shape index (κ3) is 4.07. The molecule has 0 amide bonds. The van der Waals surface area contributed by atoms with Crippen LogP contribution in [-0.2, 0) is 0 Å². The normalized spacial score (nSPS) is 11.3. The van der Waals surface area contributed by atoms with Gasteiger partial charge in [-0.2, -0.15) is 0 Å². The van der Waals surface area contributed by atoms with E-state index in [4.69, 9.17) is 13.6 Å². The summed E-state index contributed by atoms with van der Waals surface area (Å²) in [6, 6.07) is 13.8. The predicted molar refractivity (Wildman–Crippen MR) is 151 cm³/mol. The topological polar surface area (TPSA) is 191 Å². The maximum absolute atomic E-state index is 13.3. The summed E-state index contributed by atoms with van der Waals surface area (Å²) < 4.78 is 17.2. The van der Waals surface area contributed by atoms with Gasteiger partial charge in [-0.1, -0.05) is 0 Å². The molecule has 6 N–H and O–H groups in total. The van der Waals surface area contributed by atoms with E-state index in [1.807, 2.05) is 0 Å². The second kappa shape index (κ2) is 9.52. The first kappa shape index (κ1) is 26.1. The minimum absolute atomic E-state index is 0.000321. The van der Waals surface area contributed by atoms with Crippen molar-refractivity contribution in [2.75, 3.05) is 7.11 Å². The van der Waals surface area contributed by atoms with Gasteiger partial charge in [0.15, 0.2) is 33.5 Å². The zero-order chi connectivity index (χ0) is 29.9. The van der Waals surface area contributed by atoms with Gasteiger partial charge in [0.1, 0.15) is 51.0 Å². The van der Waals surface area contributed by atoms with Gasteiger partial charge in [0, 0.05) is 35.4 Å². The van der Waals surface area contributed by atoms with Crippen LogP contribution in [0.15, 0.2) is 85.2 Å². The number of phenolic OH excluding ortho intramolecular Hbond substituents is 6. The fourth-order valence-corrected chi connectivity index (χ4v) is 4.83. The lowest BCUT2D eigenvalue weighted by Crippen LogP contribution is -2.04. The minimum Gasteiger partial charge on any atom is -0.508 e. The van der Waals surface area contributed by atoms with Gasteiger partial charge in [0.25, 0.3) is 0 Å². The first-order valence-electron chi connectivity index (χ1n) is 12.3. The molecule has 11 heteroatoms. The molecule has 6 rings (SSSR count). The zero-order valence-electron chi connectivity index (χ0n) is 21.6. The molecule has 2 aromatic heterocycles. The first-order valence-corrected chi connectivity index (χ1v) is 12.3. The Morgan fingerprint density at radius 1 is 0.548 bits per heavy atom. The highest BCUT2D eigenvalue weighted by atomic mass is 16.5. The van der Waals surface area contributed by atoms with E-state index >= 15 is 0 Å². The molecule has 42 heavy (non-hydrogen) atoms. The molecule has 0 fully saturated rings. The van der Waals surface area contributed by atoms with E-state index in [1.165, 1.54) is 49.6 Å². The third-order valence-corrected chi connectivity index (χ3v) is 6.79. The molecule has 2 heterocycles.